The van der Waals surface area contributed by atoms with Gasteiger partial charge in [0.25, 0.3) is 5.69 Å². The highest BCUT2D eigenvalue weighted by Gasteiger charge is 2.34. The molecule has 20 heavy (non-hydrogen) atoms. The maximum absolute atomic E-state index is 12.3. The second-order valence-electron chi connectivity index (χ2n) is 5.35. The van der Waals surface area contributed by atoms with Crippen molar-refractivity contribution in [3.63, 3.8) is 0 Å². The van der Waals surface area contributed by atoms with Crippen LogP contribution in [0.25, 0.3) is 0 Å². The van der Waals surface area contributed by atoms with E-state index in [0.29, 0.717) is 0 Å². The Morgan fingerprint density at radius 1 is 1.35 bits per heavy atom. The van der Waals surface area contributed by atoms with Gasteiger partial charge in [-0.15, -0.1) is 0 Å². The summed E-state index contributed by atoms with van der Waals surface area (Å²) in [4.78, 5) is 10.00. The minimum atomic E-state index is -3.78. The number of hydrogen-bond donors (Lipinski definition) is 2. The first-order chi connectivity index (χ1) is 9.23. The predicted molar refractivity (Wildman–Crippen MR) is 74.7 cm³/mol. The summed E-state index contributed by atoms with van der Waals surface area (Å²) >= 11 is 0. The van der Waals surface area contributed by atoms with Crippen molar-refractivity contribution in [2.75, 3.05) is 5.73 Å². The van der Waals surface area contributed by atoms with Gasteiger partial charge in [0.1, 0.15) is 5.69 Å². The zero-order chi connectivity index (χ0) is 15.0. The quantitative estimate of drug-likeness (QED) is 0.499. The Kier molecular flexibility index (Phi) is 3.70. The topological polar surface area (TPSA) is 115 Å². The first-order valence-electron chi connectivity index (χ1n) is 6.31. The largest absolute Gasteiger partial charge is 0.393 e. The van der Waals surface area contributed by atoms with Crippen molar-refractivity contribution in [2.24, 2.45) is 0 Å². The summed E-state index contributed by atoms with van der Waals surface area (Å²) in [5, 5.41) is 10.8. The van der Waals surface area contributed by atoms with Gasteiger partial charge in [-0.1, -0.05) is 12.8 Å². The highest BCUT2D eigenvalue weighted by atomic mass is 32.2. The molecule has 1 fully saturated rings. The van der Waals surface area contributed by atoms with Crippen molar-refractivity contribution in [1.82, 2.24) is 4.72 Å². The summed E-state index contributed by atoms with van der Waals surface area (Å²) in [7, 11) is -3.78. The Bertz CT molecular complexity index is 636. The van der Waals surface area contributed by atoms with Gasteiger partial charge in [-0.25, -0.2) is 13.1 Å². The Morgan fingerprint density at radius 3 is 2.50 bits per heavy atom. The third-order valence-electron chi connectivity index (χ3n) is 3.60. The first kappa shape index (κ1) is 14.7. The summed E-state index contributed by atoms with van der Waals surface area (Å²) in [6, 6.07) is 3.52. The maximum atomic E-state index is 12.3. The van der Waals surface area contributed by atoms with Crippen molar-refractivity contribution in [1.29, 1.82) is 0 Å². The molecule has 0 aromatic heterocycles. The fraction of sp³-hybridized carbons (Fsp3) is 0.500. The molecule has 0 aliphatic heterocycles. The zero-order valence-electron chi connectivity index (χ0n) is 11.1. The standard InChI is InChI=1S/C12H17N3O4S/c1-12(6-2-3-7-12)14-20(18,19)9-4-5-10(13)11(8-9)15(16)17/h4-5,8,14H,2-3,6-7,13H2,1H3. The van der Waals surface area contributed by atoms with Gasteiger partial charge < -0.3 is 5.73 Å². The van der Waals surface area contributed by atoms with E-state index in [1.165, 1.54) is 12.1 Å². The summed E-state index contributed by atoms with van der Waals surface area (Å²) in [5.41, 5.74) is 4.54. The number of nitrogens with zero attached hydrogens (tertiary/aromatic N) is 1. The lowest BCUT2D eigenvalue weighted by atomic mass is 10.0. The van der Waals surface area contributed by atoms with E-state index in [1.807, 2.05) is 6.92 Å². The van der Waals surface area contributed by atoms with Crippen molar-refractivity contribution < 1.29 is 13.3 Å². The highest BCUT2D eigenvalue weighted by molar-refractivity contribution is 7.89. The molecule has 1 aliphatic carbocycles. The molecule has 1 saturated carbocycles. The van der Waals surface area contributed by atoms with E-state index in [4.69, 9.17) is 5.73 Å². The fourth-order valence-electron chi connectivity index (χ4n) is 2.49. The lowest BCUT2D eigenvalue weighted by molar-refractivity contribution is -0.384. The van der Waals surface area contributed by atoms with Gasteiger partial charge in [0.15, 0.2) is 0 Å². The number of anilines is 1. The number of nitrogen functional groups attached to an aromatic ring is 1. The van der Waals surface area contributed by atoms with Gasteiger partial charge in [-0.2, -0.15) is 0 Å². The Morgan fingerprint density at radius 2 is 1.95 bits per heavy atom. The minimum Gasteiger partial charge on any atom is -0.393 e. The van der Waals surface area contributed by atoms with Crippen LogP contribution >= 0.6 is 0 Å². The van der Waals surface area contributed by atoms with Crippen molar-refractivity contribution in [3.05, 3.63) is 28.3 Å². The smallest absolute Gasteiger partial charge is 0.293 e. The number of sulfonamides is 1. The molecule has 1 aromatic carbocycles. The van der Waals surface area contributed by atoms with Crippen LogP contribution < -0.4 is 10.5 Å². The van der Waals surface area contributed by atoms with Crippen LogP contribution in [0.1, 0.15) is 32.6 Å². The number of nitrogens with one attached hydrogen (secondary N) is 1. The molecule has 0 saturated heterocycles. The molecule has 0 heterocycles. The molecule has 0 radical (unpaired) electrons. The molecule has 2 rings (SSSR count). The fourth-order valence-corrected chi connectivity index (χ4v) is 3.97. The average molecular weight is 299 g/mol. The number of nitrogens with two attached hydrogens (primary N) is 1. The number of benzene rings is 1. The minimum absolute atomic E-state index is 0.0546. The Hall–Kier alpha value is -1.67. The predicted octanol–water partition coefficient (Wildman–Crippen LogP) is 1.79. The second-order valence-corrected chi connectivity index (χ2v) is 7.03. The monoisotopic (exact) mass is 299 g/mol. The van der Waals surface area contributed by atoms with Crippen LogP contribution in [0.2, 0.25) is 0 Å². The molecule has 0 bridgehead atoms. The third-order valence-corrected chi connectivity index (χ3v) is 5.23. The van der Waals surface area contributed by atoms with Gasteiger partial charge in [-0.3, -0.25) is 10.1 Å². The normalized spacial score (nSPS) is 18.1. The van der Waals surface area contributed by atoms with Gasteiger partial charge in [0.05, 0.1) is 9.82 Å². The van der Waals surface area contributed by atoms with E-state index in [-0.39, 0.29) is 10.6 Å². The van der Waals surface area contributed by atoms with E-state index in [9.17, 15) is 18.5 Å². The van der Waals surface area contributed by atoms with Gasteiger partial charge in [0, 0.05) is 11.6 Å². The summed E-state index contributed by atoms with van der Waals surface area (Å²) in [5.74, 6) is 0. The zero-order valence-corrected chi connectivity index (χ0v) is 11.9. The summed E-state index contributed by atoms with van der Waals surface area (Å²) in [6.45, 7) is 1.85. The van der Waals surface area contributed by atoms with Crippen molar-refractivity contribution >= 4 is 21.4 Å². The molecule has 1 aromatic rings. The molecule has 110 valence electrons. The molecule has 0 unspecified atom stereocenters. The van der Waals surface area contributed by atoms with Gasteiger partial charge in [-0.05, 0) is 31.9 Å². The molecular weight excluding hydrogens is 282 g/mol. The van der Waals surface area contributed by atoms with E-state index < -0.39 is 26.2 Å². The summed E-state index contributed by atoms with van der Waals surface area (Å²) < 4.78 is 27.3. The van der Waals surface area contributed by atoms with Crippen LogP contribution in [0, 0.1) is 10.1 Å². The van der Waals surface area contributed by atoms with Crippen LogP contribution in [0.3, 0.4) is 0 Å². The Balaban J connectivity index is 2.34. The number of nitro benzene ring substituents is 1. The molecule has 1 aliphatic rings. The van der Waals surface area contributed by atoms with E-state index in [0.717, 1.165) is 31.7 Å². The average Bonchev–Trinajstić information content (AvgIpc) is 2.74. The van der Waals surface area contributed by atoms with Gasteiger partial charge >= 0.3 is 0 Å². The van der Waals surface area contributed by atoms with Crippen LogP contribution in [0.4, 0.5) is 11.4 Å². The Labute approximate surface area is 117 Å². The van der Waals surface area contributed by atoms with Crippen LogP contribution in [0.5, 0.6) is 0 Å². The number of hydrogen-bond acceptors (Lipinski definition) is 5. The van der Waals surface area contributed by atoms with E-state index in [2.05, 4.69) is 4.72 Å². The van der Waals surface area contributed by atoms with Crippen molar-refractivity contribution in [2.45, 2.75) is 43.0 Å². The molecule has 7 nitrogen and oxygen atoms in total. The number of rotatable bonds is 4. The number of nitro groups is 1. The lowest BCUT2D eigenvalue weighted by Crippen LogP contribution is -2.43. The van der Waals surface area contributed by atoms with Crippen molar-refractivity contribution in [3.8, 4) is 0 Å². The van der Waals surface area contributed by atoms with Crippen LogP contribution in [-0.2, 0) is 10.0 Å². The highest BCUT2D eigenvalue weighted by Crippen LogP contribution is 2.31. The third kappa shape index (κ3) is 2.91. The maximum Gasteiger partial charge on any atom is 0.293 e. The molecular formula is C12H17N3O4S. The van der Waals surface area contributed by atoms with Crippen LogP contribution in [0.15, 0.2) is 23.1 Å². The second kappa shape index (κ2) is 5.02. The molecule has 8 heteroatoms. The molecule has 3 N–H and O–H groups in total. The first-order valence-corrected chi connectivity index (χ1v) is 7.80. The van der Waals surface area contributed by atoms with E-state index >= 15 is 0 Å². The summed E-state index contributed by atoms with van der Waals surface area (Å²) in [6.07, 6.45) is 3.48. The van der Waals surface area contributed by atoms with Gasteiger partial charge in [0.2, 0.25) is 10.0 Å². The molecule has 0 atom stereocenters. The van der Waals surface area contributed by atoms with Crippen LogP contribution in [-0.4, -0.2) is 18.9 Å². The molecule has 0 amide bonds. The molecule has 0 spiro atoms. The van der Waals surface area contributed by atoms with E-state index in [1.54, 1.807) is 0 Å². The SMILES string of the molecule is CC1(NS(=O)(=O)c2ccc(N)c([N+](=O)[O-])c2)CCCC1. The lowest BCUT2D eigenvalue weighted by Gasteiger charge is -2.24.